The Morgan fingerprint density at radius 1 is 0.972 bits per heavy atom. The van der Waals surface area contributed by atoms with E-state index >= 15 is 0 Å². The molecular formula is C29H27NO6. The fourth-order valence-electron chi connectivity index (χ4n) is 3.86. The van der Waals surface area contributed by atoms with Crippen molar-refractivity contribution in [3.05, 3.63) is 105 Å². The number of carbonyl (C=O) groups is 2. The van der Waals surface area contributed by atoms with Crippen LogP contribution in [0.5, 0.6) is 11.5 Å². The molecule has 4 rings (SSSR count). The third-order valence-corrected chi connectivity index (χ3v) is 5.94. The van der Waals surface area contributed by atoms with Crippen molar-refractivity contribution in [2.24, 2.45) is 0 Å². The number of nitrogens with one attached hydrogen (secondary N) is 1. The highest BCUT2D eigenvalue weighted by Gasteiger charge is 2.17. The van der Waals surface area contributed by atoms with E-state index in [4.69, 9.17) is 13.9 Å². The van der Waals surface area contributed by atoms with Crippen molar-refractivity contribution < 1.29 is 23.5 Å². The lowest BCUT2D eigenvalue weighted by Gasteiger charge is -2.14. The highest BCUT2D eigenvalue weighted by Crippen LogP contribution is 2.24. The van der Waals surface area contributed by atoms with Gasteiger partial charge in [0.1, 0.15) is 22.6 Å². The first-order valence-corrected chi connectivity index (χ1v) is 11.6. The number of ether oxygens (including phenoxy) is 2. The summed E-state index contributed by atoms with van der Waals surface area (Å²) < 4.78 is 16.4. The molecule has 1 aromatic heterocycles. The van der Waals surface area contributed by atoms with Crippen molar-refractivity contribution in [1.82, 2.24) is 5.32 Å². The molecule has 1 N–H and O–H groups in total. The zero-order valence-electron chi connectivity index (χ0n) is 20.6. The predicted octanol–water partition coefficient (Wildman–Crippen LogP) is 5.19. The van der Waals surface area contributed by atoms with Gasteiger partial charge in [0.15, 0.2) is 6.61 Å². The lowest BCUT2D eigenvalue weighted by molar-refractivity contribution is -0.136. The van der Waals surface area contributed by atoms with Gasteiger partial charge in [0.25, 0.3) is 5.91 Å². The van der Waals surface area contributed by atoms with Crippen molar-refractivity contribution in [2.75, 3.05) is 6.61 Å². The van der Waals surface area contributed by atoms with Gasteiger partial charge in [0, 0.05) is 11.5 Å². The van der Waals surface area contributed by atoms with E-state index < -0.39 is 17.5 Å². The molecule has 1 atom stereocenters. The van der Waals surface area contributed by atoms with E-state index in [2.05, 4.69) is 5.32 Å². The molecule has 0 radical (unpaired) electrons. The zero-order valence-corrected chi connectivity index (χ0v) is 20.6. The fraction of sp³-hybridized carbons (Fsp3) is 0.207. The molecule has 36 heavy (non-hydrogen) atoms. The Labute approximate surface area is 208 Å². The number of fused-ring (bicyclic) bond motifs is 1. The molecule has 7 heteroatoms. The number of carbonyl (C=O) groups excluding carboxylic acids is 2. The van der Waals surface area contributed by atoms with Gasteiger partial charge in [-0.3, -0.25) is 4.79 Å². The molecule has 0 aliphatic carbocycles. The molecule has 0 aliphatic rings. The third-order valence-electron chi connectivity index (χ3n) is 5.94. The number of hydrogen-bond acceptors (Lipinski definition) is 6. The van der Waals surface area contributed by atoms with Crippen molar-refractivity contribution in [2.45, 2.75) is 33.7 Å². The number of esters is 1. The third kappa shape index (κ3) is 5.63. The quantitative estimate of drug-likeness (QED) is 0.220. The summed E-state index contributed by atoms with van der Waals surface area (Å²) in [6.07, 6.45) is 0. The highest BCUT2D eigenvalue weighted by molar-refractivity contribution is 5.97. The normalized spacial score (nSPS) is 11.7. The van der Waals surface area contributed by atoms with Crippen LogP contribution >= 0.6 is 0 Å². The molecule has 0 saturated carbocycles. The highest BCUT2D eigenvalue weighted by atomic mass is 16.6. The number of aryl methyl sites for hydroxylation is 2. The summed E-state index contributed by atoms with van der Waals surface area (Å²) in [5, 5.41) is 3.33. The van der Waals surface area contributed by atoms with Gasteiger partial charge in [-0.1, -0.05) is 36.4 Å². The van der Waals surface area contributed by atoms with Gasteiger partial charge in [-0.25, -0.2) is 9.59 Å². The maximum Gasteiger partial charge on any atom is 0.349 e. The van der Waals surface area contributed by atoms with E-state index in [1.54, 1.807) is 12.1 Å². The summed E-state index contributed by atoms with van der Waals surface area (Å²) >= 11 is 0. The molecule has 4 aromatic rings. The van der Waals surface area contributed by atoms with Crippen LogP contribution in [0.2, 0.25) is 0 Å². The van der Waals surface area contributed by atoms with E-state index in [9.17, 15) is 14.4 Å². The average molecular weight is 486 g/mol. The van der Waals surface area contributed by atoms with Gasteiger partial charge >= 0.3 is 11.6 Å². The number of rotatable bonds is 7. The van der Waals surface area contributed by atoms with Crippen LogP contribution < -0.4 is 20.4 Å². The van der Waals surface area contributed by atoms with E-state index in [1.807, 2.05) is 70.2 Å². The second kappa shape index (κ2) is 10.5. The fourth-order valence-corrected chi connectivity index (χ4v) is 3.86. The summed E-state index contributed by atoms with van der Waals surface area (Å²) in [7, 11) is 0. The minimum Gasteiger partial charge on any atom is -0.482 e. The molecule has 7 nitrogen and oxygen atoms in total. The van der Waals surface area contributed by atoms with Gasteiger partial charge in [-0.2, -0.15) is 0 Å². The molecule has 0 aliphatic heterocycles. The molecule has 1 unspecified atom stereocenters. The smallest absolute Gasteiger partial charge is 0.349 e. The van der Waals surface area contributed by atoms with Crippen LogP contribution in [-0.2, 0) is 4.79 Å². The van der Waals surface area contributed by atoms with Gasteiger partial charge in [-0.15, -0.1) is 0 Å². The Morgan fingerprint density at radius 2 is 1.72 bits per heavy atom. The second-order valence-electron chi connectivity index (χ2n) is 8.72. The minimum atomic E-state index is -0.780. The van der Waals surface area contributed by atoms with Crippen molar-refractivity contribution in [3.63, 3.8) is 0 Å². The Kier molecular flexibility index (Phi) is 7.20. The summed E-state index contributed by atoms with van der Waals surface area (Å²) in [5.74, 6) is -0.301. The second-order valence-corrected chi connectivity index (χ2v) is 8.72. The first kappa shape index (κ1) is 24.7. The number of benzene rings is 3. The Bertz CT molecular complexity index is 1490. The maximum atomic E-state index is 12.7. The molecular weight excluding hydrogens is 458 g/mol. The standard InChI is InChI=1S/C29H27NO6/c1-17-12-18(2)19(3)25(13-17)34-16-27(31)35-23-11-10-22-14-24(29(33)36-26(22)15-23)28(32)30-20(4)21-8-6-5-7-9-21/h5-15,20H,16H2,1-4H3,(H,30,32). The van der Waals surface area contributed by atoms with Gasteiger partial charge < -0.3 is 19.2 Å². The van der Waals surface area contributed by atoms with Crippen LogP contribution in [0.25, 0.3) is 11.0 Å². The molecule has 1 heterocycles. The SMILES string of the molecule is Cc1cc(C)c(C)c(OCC(=O)Oc2ccc3cc(C(=O)NC(C)c4ccccc4)c(=O)oc3c2)c1. The number of hydrogen-bond donors (Lipinski definition) is 1. The maximum absolute atomic E-state index is 12.7. The van der Waals surface area contributed by atoms with Crippen LogP contribution in [0.15, 0.2) is 75.9 Å². The lowest BCUT2D eigenvalue weighted by atomic mass is 10.1. The largest absolute Gasteiger partial charge is 0.482 e. The number of amides is 1. The molecule has 0 spiro atoms. The Hall–Kier alpha value is -4.39. The van der Waals surface area contributed by atoms with Crippen LogP contribution in [0.3, 0.4) is 0 Å². The minimum absolute atomic E-state index is 0.104. The Morgan fingerprint density at radius 3 is 2.47 bits per heavy atom. The van der Waals surface area contributed by atoms with Crippen LogP contribution in [0.1, 0.15) is 45.6 Å². The van der Waals surface area contributed by atoms with Gasteiger partial charge in [-0.05, 0) is 74.2 Å². The predicted molar refractivity (Wildman–Crippen MR) is 137 cm³/mol. The lowest BCUT2D eigenvalue weighted by Crippen LogP contribution is -2.30. The summed E-state index contributed by atoms with van der Waals surface area (Å²) in [5.41, 5.74) is 3.30. The van der Waals surface area contributed by atoms with Crippen LogP contribution in [0, 0.1) is 20.8 Å². The zero-order chi connectivity index (χ0) is 25.8. The van der Waals surface area contributed by atoms with Gasteiger partial charge in [0.05, 0.1) is 6.04 Å². The summed E-state index contributed by atoms with van der Waals surface area (Å²) in [6.45, 7) is 7.43. The summed E-state index contributed by atoms with van der Waals surface area (Å²) in [6, 6.07) is 19.1. The Balaban J connectivity index is 1.44. The molecule has 3 aromatic carbocycles. The first-order valence-electron chi connectivity index (χ1n) is 11.6. The van der Waals surface area contributed by atoms with E-state index in [0.717, 1.165) is 22.3 Å². The molecule has 0 bridgehead atoms. The van der Waals surface area contributed by atoms with Crippen LogP contribution in [0.4, 0.5) is 0 Å². The summed E-state index contributed by atoms with van der Waals surface area (Å²) in [4.78, 5) is 37.6. The van der Waals surface area contributed by atoms with E-state index in [0.29, 0.717) is 11.1 Å². The van der Waals surface area contributed by atoms with E-state index in [1.165, 1.54) is 12.1 Å². The molecule has 0 fully saturated rings. The van der Waals surface area contributed by atoms with Crippen LogP contribution in [-0.4, -0.2) is 18.5 Å². The first-order chi connectivity index (χ1) is 17.2. The topological polar surface area (TPSA) is 94.8 Å². The van der Waals surface area contributed by atoms with Crippen molar-refractivity contribution in [1.29, 1.82) is 0 Å². The van der Waals surface area contributed by atoms with E-state index in [-0.39, 0.29) is 29.5 Å². The monoisotopic (exact) mass is 485 g/mol. The molecule has 184 valence electrons. The molecule has 1 amide bonds. The average Bonchev–Trinajstić information content (AvgIpc) is 2.85. The van der Waals surface area contributed by atoms with Crippen molar-refractivity contribution >= 4 is 22.8 Å². The molecule has 0 saturated heterocycles. The van der Waals surface area contributed by atoms with Gasteiger partial charge in [0.2, 0.25) is 0 Å². The van der Waals surface area contributed by atoms with Crippen molar-refractivity contribution in [3.8, 4) is 11.5 Å².